The van der Waals surface area contributed by atoms with Crippen molar-refractivity contribution in [3.63, 3.8) is 0 Å². The van der Waals surface area contributed by atoms with Crippen LogP contribution in [-0.4, -0.2) is 47.4 Å². The molecule has 2 aromatic rings. The van der Waals surface area contributed by atoms with E-state index in [0.29, 0.717) is 24.9 Å². The highest BCUT2D eigenvalue weighted by Crippen LogP contribution is 2.26. The molecule has 1 amide bonds. The minimum atomic E-state index is -0.506. The van der Waals surface area contributed by atoms with Crippen LogP contribution in [-0.2, 0) is 6.61 Å². The lowest BCUT2D eigenvalue weighted by molar-refractivity contribution is 0.0692. The van der Waals surface area contributed by atoms with E-state index in [9.17, 15) is 9.18 Å². The van der Waals surface area contributed by atoms with Gasteiger partial charge in [-0.3, -0.25) is 9.69 Å². The second-order valence-corrected chi connectivity index (χ2v) is 8.62. The standard InChI is InChI=1S/C22H27FN2O2S/c1-16-4-2-9-24(16)13-18-5-3-10-25(18)22(26)20-7-6-19(12-21(20)23)27-14-17-8-11-28-15-17/h6-8,11-12,15-16,18H,2-5,9-10,13-14H2,1H3/t16-,18?/m0/s1. The summed E-state index contributed by atoms with van der Waals surface area (Å²) in [6, 6.07) is 7.32. The predicted octanol–water partition coefficient (Wildman–Crippen LogP) is 4.56. The zero-order valence-corrected chi connectivity index (χ0v) is 17.1. The molecule has 2 atom stereocenters. The third-order valence-corrected chi connectivity index (χ3v) is 6.66. The summed E-state index contributed by atoms with van der Waals surface area (Å²) in [4.78, 5) is 17.4. The first kappa shape index (κ1) is 19.4. The average Bonchev–Trinajstić information content (AvgIpc) is 3.43. The van der Waals surface area contributed by atoms with Crippen LogP contribution in [0.5, 0.6) is 5.75 Å². The first-order valence-electron chi connectivity index (χ1n) is 10.1. The van der Waals surface area contributed by atoms with Crippen molar-refractivity contribution in [2.45, 2.75) is 51.3 Å². The second kappa shape index (κ2) is 8.62. The number of ether oxygens (including phenoxy) is 1. The zero-order valence-electron chi connectivity index (χ0n) is 16.3. The fraction of sp³-hybridized carbons (Fsp3) is 0.500. The largest absolute Gasteiger partial charge is 0.489 e. The highest BCUT2D eigenvalue weighted by Gasteiger charge is 2.33. The molecule has 2 aliphatic heterocycles. The summed E-state index contributed by atoms with van der Waals surface area (Å²) in [6.07, 6.45) is 4.44. The molecule has 2 aliphatic rings. The number of carbonyl (C=O) groups is 1. The Morgan fingerprint density at radius 2 is 2.11 bits per heavy atom. The molecule has 0 bridgehead atoms. The van der Waals surface area contributed by atoms with Crippen molar-refractivity contribution in [2.24, 2.45) is 0 Å². The Bertz CT molecular complexity index is 811. The molecule has 1 aromatic carbocycles. The van der Waals surface area contributed by atoms with Crippen molar-refractivity contribution >= 4 is 17.2 Å². The SMILES string of the molecule is C[C@H]1CCCN1CC1CCCN1C(=O)c1ccc(OCc2ccsc2)cc1F. The Labute approximate surface area is 169 Å². The van der Waals surface area contributed by atoms with Crippen LogP contribution in [0.1, 0.15) is 48.5 Å². The highest BCUT2D eigenvalue weighted by molar-refractivity contribution is 7.07. The van der Waals surface area contributed by atoms with Gasteiger partial charge in [0.2, 0.25) is 0 Å². The number of carbonyl (C=O) groups excluding carboxylic acids is 1. The van der Waals surface area contributed by atoms with E-state index in [1.807, 2.05) is 21.7 Å². The molecule has 0 radical (unpaired) electrons. The smallest absolute Gasteiger partial charge is 0.257 e. The second-order valence-electron chi connectivity index (χ2n) is 7.84. The summed E-state index contributed by atoms with van der Waals surface area (Å²) in [5.41, 5.74) is 1.20. The Morgan fingerprint density at radius 3 is 2.82 bits per heavy atom. The minimum Gasteiger partial charge on any atom is -0.489 e. The van der Waals surface area contributed by atoms with Gasteiger partial charge in [0.05, 0.1) is 5.56 Å². The minimum absolute atomic E-state index is 0.143. The van der Waals surface area contributed by atoms with E-state index in [2.05, 4.69) is 11.8 Å². The van der Waals surface area contributed by atoms with E-state index in [4.69, 9.17) is 4.74 Å². The van der Waals surface area contributed by atoms with Gasteiger partial charge in [0, 0.05) is 31.2 Å². The summed E-state index contributed by atoms with van der Waals surface area (Å²) in [6.45, 7) is 5.36. The van der Waals surface area contributed by atoms with Gasteiger partial charge >= 0.3 is 0 Å². The normalized spacial score (nSPS) is 22.7. The summed E-state index contributed by atoms with van der Waals surface area (Å²) in [5, 5.41) is 3.99. The van der Waals surface area contributed by atoms with E-state index < -0.39 is 5.82 Å². The van der Waals surface area contributed by atoms with E-state index in [1.54, 1.807) is 23.5 Å². The molecule has 150 valence electrons. The number of amides is 1. The molecule has 4 nitrogen and oxygen atoms in total. The molecule has 1 unspecified atom stereocenters. The first-order valence-corrected chi connectivity index (χ1v) is 11.0. The quantitative estimate of drug-likeness (QED) is 0.710. The Morgan fingerprint density at radius 1 is 1.25 bits per heavy atom. The van der Waals surface area contributed by atoms with Crippen LogP contribution in [0.15, 0.2) is 35.0 Å². The Balaban J connectivity index is 1.41. The predicted molar refractivity (Wildman–Crippen MR) is 109 cm³/mol. The molecule has 0 spiro atoms. The van der Waals surface area contributed by atoms with Gasteiger partial charge in [-0.2, -0.15) is 11.3 Å². The number of hydrogen-bond donors (Lipinski definition) is 0. The van der Waals surface area contributed by atoms with E-state index in [-0.39, 0.29) is 17.5 Å². The third-order valence-electron chi connectivity index (χ3n) is 5.93. The lowest BCUT2D eigenvalue weighted by Crippen LogP contribution is -2.44. The van der Waals surface area contributed by atoms with Crippen LogP contribution < -0.4 is 4.74 Å². The lowest BCUT2D eigenvalue weighted by atomic mass is 10.1. The fourth-order valence-corrected chi connectivity index (χ4v) is 4.94. The number of hydrogen-bond acceptors (Lipinski definition) is 4. The lowest BCUT2D eigenvalue weighted by Gasteiger charge is -2.31. The van der Waals surface area contributed by atoms with Gasteiger partial charge in [0.15, 0.2) is 0 Å². The summed E-state index contributed by atoms with van der Waals surface area (Å²) in [5.74, 6) is -0.256. The molecule has 1 aromatic heterocycles. The van der Waals surface area contributed by atoms with Crippen molar-refractivity contribution in [3.05, 3.63) is 52.0 Å². The van der Waals surface area contributed by atoms with E-state index >= 15 is 0 Å². The van der Waals surface area contributed by atoms with Crippen molar-refractivity contribution in [1.82, 2.24) is 9.80 Å². The number of nitrogens with zero attached hydrogens (tertiary/aromatic N) is 2. The summed E-state index contributed by atoms with van der Waals surface area (Å²) >= 11 is 1.60. The van der Waals surface area contributed by atoms with Crippen LogP contribution in [0.2, 0.25) is 0 Å². The van der Waals surface area contributed by atoms with E-state index in [1.165, 1.54) is 18.9 Å². The highest BCUT2D eigenvalue weighted by atomic mass is 32.1. The van der Waals surface area contributed by atoms with Crippen LogP contribution in [0.25, 0.3) is 0 Å². The van der Waals surface area contributed by atoms with Crippen molar-refractivity contribution in [2.75, 3.05) is 19.6 Å². The molecule has 0 N–H and O–H groups in total. The van der Waals surface area contributed by atoms with Crippen LogP contribution in [0, 0.1) is 5.82 Å². The molecule has 6 heteroatoms. The van der Waals surface area contributed by atoms with Crippen molar-refractivity contribution in [3.8, 4) is 5.75 Å². The van der Waals surface area contributed by atoms with Gasteiger partial charge < -0.3 is 9.64 Å². The molecule has 2 fully saturated rings. The average molecular weight is 403 g/mol. The molecule has 2 saturated heterocycles. The first-order chi connectivity index (χ1) is 13.6. The van der Waals surface area contributed by atoms with E-state index in [0.717, 1.165) is 31.5 Å². The van der Waals surface area contributed by atoms with Gasteiger partial charge in [-0.1, -0.05) is 0 Å². The fourth-order valence-electron chi connectivity index (χ4n) is 4.28. The third kappa shape index (κ3) is 4.23. The van der Waals surface area contributed by atoms with Crippen LogP contribution in [0.4, 0.5) is 4.39 Å². The molecule has 3 heterocycles. The number of thiophene rings is 1. The summed E-state index contributed by atoms with van der Waals surface area (Å²) < 4.78 is 20.3. The van der Waals surface area contributed by atoms with Gasteiger partial charge in [-0.25, -0.2) is 4.39 Å². The maximum absolute atomic E-state index is 14.7. The number of benzene rings is 1. The van der Waals surface area contributed by atoms with Gasteiger partial charge in [0.1, 0.15) is 18.2 Å². The van der Waals surface area contributed by atoms with Crippen molar-refractivity contribution < 1.29 is 13.9 Å². The summed E-state index contributed by atoms with van der Waals surface area (Å²) in [7, 11) is 0. The van der Waals surface area contributed by atoms with Crippen molar-refractivity contribution in [1.29, 1.82) is 0 Å². The molecule has 28 heavy (non-hydrogen) atoms. The zero-order chi connectivity index (χ0) is 19.5. The molecular weight excluding hydrogens is 375 g/mol. The maximum atomic E-state index is 14.7. The number of halogens is 1. The number of rotatable bonds is 6. The van der Waals surface area contributed by atoms with Gasteiger partial charge in [0.25, 0.3) is 5.91 Å². The topological polar surface area (TPSA) is 32.8 Å². The Kier molecular flexibility index (Phi) is 5.97. The molecule has 4 rings (SSSR count). The Hall–Kier alpha value is -1.92. The van der Waals surface area contributed by atoms with Crippen LogP contribution >= 0.6 is 11.3 Å². The monoisotopic (exact) mass is 402 g/mol. The van der Waals surface area contributed by atoms with Gasteiger partial charge in [-0.15, -0.1) is 0 Å². The number of likely N-dealkylation sites (tertiary alicyclic amines) is 2. The molecule has 0 saturated carbocycles. The van der Waals surface area contributed by atoms with Gasteiger partial charge in [-0.05, 0) is 73.7 Å². The molecular formula is C22H27FN2O2S. The molecule has 0 aliphatic carbocycles. The maximum Gasteiger partial charge on any atom is 0.257 e. The van der Waals surface area contributed by atoms with Crippen LogP contribution in [0.3, 0.4) is 0 Å².